The predicted octanol–water partition coefficient (Wildman–Crippen LogP) is 4.00. The quantitative estimate of drug-likeness (QED) is 0.886. The third kappa shape index (κ3) is 2.68. The lowest BCUT2D eigenvalue weighted by molar-refractivity contribution is 0.601. The van der Waals surface area contributed by atoms with Gasteiger partial charge in [0, 0.05) is 12.1 Å². The third-order valence-corrected chi connectivity index (χ3v) is 2.97. The molecule has 0 amide bonds. The molecular formula is C14H12ClF2N. The molecule has 0 aromatic heterocycles. The van der Waals surface area contributed by atoms with Gasteiger partial charge in [-0.3, -0.25) is 0 Å². The Morgan fingerprint density at radius 3 is 2.33 bits per heavy atom. The molecule has 0 aliphatic carbocycles. The molecule has 0 saturated heterocycles. The molecule has 0 unspecified atom stereocenters. The molecule has 0 aliphatic rings. The Bertz CT molecular complexity index is 570. The minimum atomic E-state index is -0.478. The van der Waals surface area contributed by atoms with Gasteiger partial charge >= 0.3 is 0 Å². The standard InChI is InChI=1S/C14H12ClF2N/c1-18-8-11-6-9(3-5-13(11)16)10-2-4-12(15)14(17)7-10/h2-7,18H,8H2,1H3. The molecule has 2 aromatic rings. The van der Waals surface area contributed by atoms with E-state index >= 15 is 0 Å². The minimum Gasteiger partial charge on any atom is -0.316 e. The Kier molecular flexibility index (Phi) is 3.94. The van der Waals surface area contributed by atoms with Crippen molar-refractivity contribution in [2.75, 3.05) is 7.05 Å². The van der Waals surface area contributed by atoms with E-state index in [4.69, 9.17) is 11.6 Å². The molecule has 4 heteroatoms. The molecular weight excluding hydrogens is 256 g/mol. The summed E-state index contributed by atoms with van der Waals surface area (Å²) in [6.07, 6.45) is 0. The van der Waals surface area contributed by atoms with Crippen molar-refractivity contribution in [2.24, 2.45) is 0 Å². The van der Waals surface area contributed by atoms with Gasteiger partial charge in [-0.25, -0.2) is 8.78 Å². The molecule has 1 nitrogen and oxygen atoms in total. The first-order valence-corrected chi connectivity index (χ1v) is 5.88. The van der Waals surface area contributed by atoms with Crippen molar-refractivity contribution in [2.45, 2.75) is 6.54 Å². The van der Waals surface area contributed by atoms with Crippen LogP contribution in [0.15, 0.2) is 36.4 Å². The lowest BCUT2D eigenvalue weighted by Gasteiger charge is -2.07. The van der Waals surface area contributed by atoms with Crippen molar-refractivity contribution in [3.8, 4) is 11.1 Å². The summed E-state index contributed by atoms with van der Waals surface area (Å²) in [4.78, 5) is 0. The predicted molar refractivity (Wildman–Crippen MR) is 69.6 cm³/mol. The second-order valence-corrected chi connectivity index (χ2v) is 4.37. The first-order valence-electron chi connectivity index (χ1n) is 5.50. The zero-order valence-electron chi connectivity index (χ0n) is 9.81. The highest BCUT2D eigenvalue weighted by atomic mass is 35.5. The van der Waals surface area contributed by atoms with E-state index in [0.717, 1.165) is 5.56 Å². The molecule has 2 aromatic carbocycles. The lowest BCUT2D eigenvalue weighted by Crippen LogP contribution is -2.07. The zero-order valence-corrected chi connectivity index (χ0v) is 10.6. The first-order chi connectivity index (χ1) is 8.61. The Labute approximate surface area is 109 Å². The Balaban J connectivity index is 2.44. The van der Waals surface area contributed by atoms with E-state index in [1.807, 2.05) is 0 Å². The molecule has 0 saturated carbocycles. The topological polar surface area (TPSA) is 12.0 Å². The maximum Gasteiger partial charge on any atom is 0.142 e. The zero-order chi connectivity index (χ0) is 13.1. The van der Waals surface area contributed by atoms with Crippen LogP contribution < -0.4 is 5.32 Å². The fraction of sp³-hybridized carbons (Fsp3) is 0.143. The van der Waals surface area contributed by atoms with Crippen molar-refractivity contribution in [1.29, 1.82) is 0 Å². The SMILES string of the molecule is CNCc1cc(-c2ccc(Cl)c(F)c2)ccc1F. The Morgan fingerprint density at radius 1 is 1.00 bits per heavy atom. The Morgan fingerprint density at radius 2 is 1.67 bits per heavy atom. The van der Waals surface area contributed by atoms with E-state index < -0.39 is 5.82 Å². The highest BCUT2D eigenvalue weighted by Crippen LogP contribution is 2.25. The summed E-state index contributed by atoms with van der Waals surface area (Å²) in [5.41, 5.74) is 1.98. The molecule has 0 fully saturated rings. The average Bonchev–Trinajstić information content (AvgIpc) is 2.36. The largest absolute Gasteiger partial charge is 0.316 e. The number of halogens is 3. The average molecular weight is 268 g/mol. The summed E-state index contributed by atoms with van der Waals surface area (Å²) in [5, 5.41) is 2.97. The van der Waals surface area contributed by atoms with Gasteiger partial charge in [-0.1, -0.05) is 23.7 Å². The highest BCUT2D eigenvalue weighted by Gasteiger charge is 2.07. The van der Waals surface area contributed by atoms with Crippen LogP contribution in [0.25, 0.3) is 11.1 Å². The summed E-state index contributed by atoms with van der Waals surface area (Å²) in [5.74, 6) is -0.754. The monoisotopic (exact) mass is 267 g/mol. The second-order valence-electron chi connectivity index (χ2n) is 3.97. The van der Waals surface area contributed by atoms with Gasteiger partial charge in [0.15, 0.2) is 0 Å². The van der Waals surface area contributed by atoms with E-state index in [1.54, 1.807) is 25.2 Å². The van der Waals surface area contributed by atoms with Crippen LogP contribution in [-0.2, 0) is 6.54 Å². The number of hydrogen-bond donors (Lipinski definition) is 1. The van der Waals surface area contributed by atoms with Gasteiger partial charge < -0.3 is 5.32 Å². The lowest BCUT2D eigenvalue weighted by atomic mass is 10.0. The van der Waals surface area contributed by atoms with Crippen LogP contribution in [0.1, 0.15) is 5.56 Å². The van der Waals surface area contributed by atoms with E-state index in [0.29, 0.717) is 17.7 Å². The molecule has 1 N–H and O–H groups in total. The van der Waals surface area contributed by atoms with Gasteiger partial charge in [-0.2, -0.15) is 0 Å². The maximum atomic E-state index is 13.5. The molecule has 94 valence electrons. The summed E-state index contributed by atoms with van der Waals surface area (Å²) in [6, 6.07) is 9.26. The van der Waals surface area contributed by atoms with Crippen LogP contribution in [0.3, 0.4) is 0 Å². The van der Waals surface area contributed by atoms with Crippen LogP contribution in [0, 0.1) is 11.6 Å². The highest BCUT2D eigenvalue weighted by molar-refractivity contribution is 6.30. The molecule has 0 spiro atoms. The molecule has 0 heterocycles. The summed E-state index contributed by atoms with van der Waals surface area (Å²) < 4.78 is 26.9. The maximum absolute atomic E-state index is 13.5. The number of hydrogen-bond acceptors (Lipinski definition) is 1. The van der Waals surface area contributed by atoms with Crippen molar-refractivity contribution < 1.29 is 8.78 Å². The van der Waals surface area contributed by atoms with Crippen LogP contribution >= 0.6 is 11.6 Å². The number of rotatable bonds is 3. The molecule has 0 radical (unpaired) electrons. The number of nitrogens with one attached hydrogen (secondary N) is 1. The number of benzene rings is 2. The third-order valence-electron chi connectivity index (χ3n) is 2.67. The van der Waals surface area contributed by atoms with Crippen molar-refractivity contribution >= 4 is 11.6 Å². The van der Waals surface area contributed by atoms with E-state index in [1.165, 1.54) is 18.2 Å². The van der Waals surface area contributed by atoms with Crippen LogP contribution in [-0.4, -0.2) is 7.05 Å². The van der Waals surface area contributed by atoms with Crippen molar-refractivity contribution in [3.05, 3.63) is 58.6 Å². The normalized spacial score (nSPS) is 10.7. The van der Waals surface area contributed by atoms with E-state index in [9.17, 15) is 8.78 Å². The van der Waals surface area contributed by atoms with Gasteiger partial charge in [0.1, 0.15) is 11.6 Å². The summed E-state index contributed by atoms with van der Waals surface area (Å²) >= 11 is 5.63. The fourth-order valence-corrected chi connectivity index (χ4v) is 1.87. The smallest absolute Gasteiger partial charge is 0.142 e. The van der Waals surface area contributed by atoms with E-state index in [-0.39, 0.29) is 10.8 Å². The van der Waals surface area contributed by atoms with Crippen LogP contribution in [0.2, 0.25) is 5.02 Å². The molecule has 0 bridgehead atoms. The first kappa shape index (κ1) is 13.0. The molecule has 2 rings (SSSR count). The van der Waals surface area contributed by atoms with Gasteiger partial charge in [0.2, 0.25) is 0 Å². The van der Waals surface area contributed by atoms with Crippen LogP contribution in [0.4, 0.5) is 8.78 Å². The van der Waals surface area contributed by atoms with E-state index in [2.05, 4.69) is 5.32 Å². The molecule has 18 heavy (non-hydrogen) atoms. The fourth-order valence-electron chi connectivity index (χ4n) is 1.76. The summed E-state index contributed by atoms with van der Waals surface area (Å²) in [6.45, 7) is 0.426. The molecule has 0 aliphatic heterocycles. The minimum absolute atomic E-state index is 0.0799. The second kappa shape index (κ2) is 5.46. The van der Waals surface area contributed by atoms with Gasteiger partial charge in [-0.05, 0) is 42.4 Å². The summed E-state index contributed by atoms with van der Waals surface area (Å²) in [7, 11) is 1.74. The van der Waals surface area contributed by atoms with Crippen LogP contribution in [0.5, 0.6) is 0 Å². The van der Waals surface area contributed by atoms with Gasteiger partial charge in [0.05, 0.1) is 5.02 Å². The van der Waals surface area contributed by atoms with Crippen molar-refractivity contribution in [1.82, 2.24) is 5.32 Å². The molecule has 0 atom stereocenters. The Hall–Kier alpha value is -1.45. The van der Waals surface area contributed by atoms with Gasteiger partial charge in [-0.15, -0.1) is 0 Å². The van der Waals surface area contributed by atoms with Crippen molar-refractivity contribution in [3.63, 3.8) is 0 Å². The van der Waals surface area contributed by atoms with Gasteiger partial charge in [0.25, 0.3) is 0 Å².